The zero-order valence-corrected chi connectivity index (χ0v) is 47.9. The highest BCUT2D eigenvalue weighted by Crippen LogP contribution is 2.52. The van der Waals surface area contributed by atoms with Gasteiger partial charge in [0.15, 0.2) is 5.71 Å². The molecule has 0 atom stereocenters. The maximum absolute atomic E-state index is 13.9. The van der Waals surface area contributed by atoms with Crippen LogP contribution in [0.1, 0.15) is 109 Å². The third-order valence-corrected chi connectivity index (χ3v) is 19.4. The predicted octanol–water partition coefficient (Wildman–Crippen LogP) is 9.27. The maximum atomic E-state index is 13.9. The third-order valence-electron chi connectivity index (χ3n) is 14.3. The number of sulfonamides is 1. The van der Waals surface area contributed by atoms with Gasteiger partial charge in [-0.3, -0.25) is 13.7 Å². The zero-order chi connectivity index (χ0) is 55.6. The molecule has 24 heteroatoms. The topological polar surface area (TPSA) is 291 Å². The normalized spacial score (nSPS) is 18.3. The summed E-state index contributed by atoms with van der Waals surface area (Å²) >= 11 is 7.33. The van der Waals surface area contributed by atoms with E-state index in [1.165, 1.54) is 6.07 Å². The van der Waals surface area contributed by atoms with E-state index < -0.39 is 70.8 Å². The molecule has 3 aliphatic rings. The van der Waals surface area contributed by atoms with E-state index in [0.717, 1.165) is 56.9 Å². The summed E-state index contributed by atoms with van der Waals surface area (Å²) in [5, 5.41) is 2.80. The second kappa shape index (κ2) is 23.4. The van der Waals surface area contributed by atoms with Gasteiger partial charge in [-0.2, -0.15) is 44.1 Å². The van der Waals surface area contributed by atoms with Crippen LogP contribution in [0.15, 0.2) is 117 Å². The minimum absolute atomic E-state index is 0.0815. The molecule has 0 fully saturated rings. The van der Waals surface area contributed by atoms with Crippen molar-refractivity contribution in [3.05, 3.63) is 118 Å². The van der Waals surface area contributed by atoms with Crippen LogP contribution >= 0.6 is 19.7 Å². The standard InChI is InChI=1S/C52H66ClN4O14PS4/c1-51(2)46(56(31-8-11-34-73(60,61)62)42-26-24-38-40(48(42)51)18-14-20-44(38)75(66,67)55-30-7-5-6-10-33-71-72(54,58)59)28-22-36-16-13-17-37(50(36)53)23-29-47-52(3,4)49-41-19-15-21-45(76(68,69)70)39(41)25-27-43(49)57(47)32-9-12-35-74(63,64)65/h14-15,18-29,55,58-59H,5-13,16-17,30-35,54H2,1-4H3,(H-2,60,61,62,63,64,65,68,69,70)/p+2. The molecule has 76 heavy (non-hydrogen) atoms. The lowest BCUT2D eigenvalue weighted by molar-refractivity contribution is -0.438. The SMILES string of the molecule is CC1(C)C(/C=C/C2=C(Cl)C(=C/C=C3/N(CCCCS(=O)(=O)O)c4ccc5c(S(=O)(=O)O)cccc5c4C3(C)C)/CCC2)=[N+](CCCCS(=O)(=O)O)c2ccc3c(S(=O)(=O)NCCCCCCO[P+](N)(O)O)cccc3c21. The van der Waals surface area contributed by atoms with Crippen LogP contribution in [0.4, 0.5) is 11.4 Å². The summed E-state index contributed by atoms with van der Waals surface area (Å²) in [6, 6.07) is 17.1. The number of hydrogen-bond acceptors (Lipinski definition) is 13. The largest absolute Gasteiger partial charge is 0.493 e. The summed E-state index contributed by atoms with van der Waals surface area (Å²) in [7, 11) is -20.7. The van der Waals surface area contributed by atoms with Gasteiger partial charge < -0.3 is 4.90 Å². The lowest BCUT2D eigenvalue weighted by atomic mass is 9.78. The molecule has 1 aliphatic carbocycles. The van der Waals surface area contributed by atoms with Gasteiger partial charge in [0.1, 0.15) is 11.4 Å². The average molecular weight is 1170 g/mol. The fourth-order valence-electron chi connectivity index (χ4n) is 10.9. The van der Waals surface area contributed by atoms with Crippen LogP contribution in [0, 0.1) is 0 Å². The van der Waals surface area contributed by atoms with Crippen molar-refractivity contribution in [2.45, 2.75) is 119 Å². The van der Waals surface area contributed by atoms with Crippen LogP contribution < -0.4 is 15.1 Å². The first-order valence-corrected chi connectivity index (χ1v) is 33.3. The van der Waals surface area contributed by atoms with E-state index >= 15 is 0 Å². The average Bonchev–Trinajstić information content (AvgIpc) is 3.68. The van der Waals surface area contributed by atoms with E-state index in [9.17, 15) is 57.1 Å². The molecule has 0 saturated carbocycles. The number of allylic oxidation sites excluding steroid dienone is 8. The molecule has 8 N–H and O–H groups in total. The molecule has 2 heterocycles. The van der Waals surface area contributed by atoms with Crippen molar-refractivity contribution in [1.29, 1.82) is 0 Å². The van der Waals surface area contributed by atoms with Gasteiger partial charge in [-0.1, -0.05) is 80.8 Å². The Kier molecular flexibility index (Phi) is 18.4. The first kappa shape index (κ1) is 59.7. The molecule has 414 valence electrons. The first-order chi connectivity index (χ1) is 35.4. The Morgan fingerprint density at radius 3 is 1.99 bits per heavy atom. The highest BCUT2D eigenvalue weighted by atomic mass is 35.5. The molecule has 4 aromatic rings. The zero-order valence-electron chi connectivity index (χ0n) is 42.9. The number of nitrogens with one attached hydrogen (secondary N) is 1. The maximum Gasteiger partial charge on any atom is 0.493 e. The van der Waals surface area contributed by atoms with Crippen LogP contribution in [0.2, 0.25) is 0 Å². The summed E-state index contributed by atoms with van der Waals surface area (Å²) in [5.74, 6) is -0.806. The number of rotatable bonds is 24. The van der Waals surface area contributed by atoms with E-state index in [1.807, 2.05) is 56.4 Å². The molecule has 0 radical (unpaired) electrons. The molecule has 0 unspecified atom stereocenters. The van der Waals surface area contributed by atoms with Gasteiger partial charge in [0.2, 0.25) is 15.7 Å². The van der Waals surface area contributed by atoms with Crippen molar-refractivity contribution in [3.8, 4) is 0 Å². The van der Waals surface area contributed by atoms with Crippen molar-refractivity contribution in [3.63, 3.8) is 0 Å². The van der Waals surface area contributed by atoms with E-state index in [0.29, 0.717) is 85.6 Å². The van der Waals surface area contributed by atoms with Crippen LogP contribution in [0.3, 0.4) is 0 Å². The summed E-state index contributed by atoms with van der Waals surface area (Å²) < 4.78 is 138. The molecular formula is C52H68ClN4O14PS4+2. The lowest BCUT2D eigenvalue weighted by Gasteiger charge is -2.27. The Bertz CT molecular complexity index is 3530. The Labute approximate surface area is 452 Å². The van der Waals surface area contributed by atoms with Crippen molar-refractivity contribution in [1.82, 2.24) is 4.72 Å². The van der Waals surface area contributed by atoms with Gasteiger partial charge >= 0.3 is 8.09 Å². The minimum atomic E-state index is -4.56. The van der Waals surface area contributed by atoms with Crippen molar-refractivity contribution >= 4 is 98.7 Å². The second-order valence-electron chi connectivity index (χ2n) is 20.5. The van der Waals surface area contributed by atoms with Crippen LogP contribution in [-0.2, 0) is 55.7 Å². The highest BCUT2D eigenvalue weighted by Gasteiger charge is 2.46. The molecule has 7 rings (SSSR count). The summed E-state index contributed by atoms with van der Waals surface area (Å²) in [6.45, 7) is 9.18. The summed E-state index contributed by atoms with van der Waals surface area (Å²) in [6.07, 6.45) is 13.7. The second-order valence-corrected chi connectivity index (χ2v) is 28.6. The van der Waals surface area contributed by atoms with E-state index in [-0.39, 0.29) is 35.8 Å². The molecule has 18 nitrogen and oxygen atoms in total. The van der Waals surface area contributed by atoms with Crippen LogP contribution in [0.5, 0.6) is 0 Å². The number of unbranched alkanes of at least 4 members (excludes halogenated alkanes) is 5. The molecular weight excluding hydrogens is 1100 g/mol. The molecule has 2 aliphatic heterocycles. The van der Waals surface area contributed by atoms with Crippen LogP contribution in [0.25, 0.3) is 21.5 Å². The smallest absolute Gasteiger partial charge is 0.344 e. The molecule has 0 spiro atoms. The monoisotopic (exact) mass is 1170 g/mol. The van der Waals surface area contributed by atoms with Gasteiger partial charge in [0, 0.05) is 69.8 Å². The Balaban J connectivity index is 1.21. The van der Waals surface area contributed by atoms with Gasteiger partial charge in [-0.15, -0.1) is 5.50 Å². The quantitative estimate of drug-likeness (QED) is 0.0149. The number of halogens is 1. The fourth-order valence-corrected chi connectivity index (χ4v) is 14.7. The number of benzene rings is 4. The number of nitrogens with two attached hydrogens (primary N) is 1. The van der Waals surface area contributed by atoms with Crippen molar-refractivity contribution in [2.24, 2.45) is 5.50 Å². The molecule has 0 aromatic heterocycles. The Morgan fingerprint density at radius 1 is 0.711 bits per heavy atom. The fraction of sp³-hybridized carbons (Fsp3) is 0.442. The predicted molar refractivity (Wildman–Crippen MR) is 299 cm³/mol. The van der Waals surface area contributed by atoms with Crippen molar-refractivity contribution in [2.75, 3.05) is 42.6 Å². The van der Waals surface area contributed by atoms with E-state index in [1.54, 1.807) is 36.4 Å². The van der Waals surface area contributed by atoms with Crippen LogP contribution in [-0.4, -0.2) is 105 Å². The summed E-state index contributed by atoms with van der Waals surface area (Å²) in [5.41, 5.74) is 10.5. The molecule has 0 amide bonds. The highest BCUT2D eigenvalue weighted by molar-refractivity contribution is 7.89. The van der Waals surface area contributed by atoms with Gasteiger partial charge in [0.25, 0.3) is 30.4 Å². The number of nitrogens with zero attached hydrogens (tertiary/aromatic N) is 2. The first-order valence-electron chi connectivity index (χ1n) is 25.1. The number of anilines is 1. The molecule has 4 aromatic carbocycles. The van der Waals surface area contributed by atoms with Gasteiger partial charge in [-0.25, -0.2) is 13.1 Å². The van der Waals surface area contributed by atoms with Crippen molar-refractivity contribution < 1.29 is 66.2 Å². The lowest BCUT2D eigenvalue weighted by Crippen LogP contribution is -2.28. The van der Waals surface area contributed by atoms with Gasteiger partial charge in [0.05, 0.1) is 28.4 Å². The number of fused-ring (bicyclic) bond motifs is 6. The third kappa shape index (κ3) is 13.9. The number of hydrogen-bond donors (Lipinski definition) is 7. The minimum Gasteiger partial charge on any atom is -0.344 e. The summed E-state index contributed by atoms with van der Waals surface area (Å²) in [4.78, 5) is 20.4. The van der Waals surface area contributed by atoms with E-state index in [2.05, 4.69) is 28.0 Å². The Morgan fingerprint density at radius 2 is 1.33 bits per heavy atom. The molecule has 0 bridgehead atoms. The Hall–Kier alpha value is -3.97. The van der Waals surface area contributed by atoms with Gasteiger partial charge in [-0.05, 0) is 123 Å². The molecule has 0 saturated heterocycles. The van der Waals surface area contributed by atoms with E-state index in [4.69, 9.17) is 21.6 Å².